The second kappa shape index (κ2) is 86.6. The molecule has 0 aliphatic heterocycles. The molecule has 0 heterocycles. The van der Waals surface area contributed by atoms with Crippen LogP contribution in [0.4, 0.5) is 0 Å². The molecule has 0 amide bonds. The maximum atomic E-state index is 0. The van der Waals surface area contributed by atoms with Gasteiger partial charge in [-0.25, -0.2) is 0 Å². The fraction of sp³-hybridized carbons (Fsp3) is 0. The Morgan fingerprint density at radius 2 is 0.500 bits per heavy atom. The summed E-state index contributed by atoms with van der Waals surface area (Å²) in [6.45, 7) is 0. The minimum atomic E-state index is 0. The van der Waals surface area contributed by atoms with Gasteiger partial charge in [-0.2, -0.15) is 0 Å². The molecule has 0 bridgehead atoms. The first-order valence-corrected chi connectivity index (χ1v) is 0. The molecule has 0 saturated heterocycles. The van der Waals surface area contributed by atoms with Crippen LogP contribution in [-0.4, -0.2) is 16.4 Å². The quantitative estimate of drug-likeness (QED) is 0.346. The maximum absolute atomic E-state index is 0. The molecule has 0 unspecified atom stereocenters. The van der Waals surface area contributed by atoms with Crippen LogP contribution in [0, 0.1) is 0 Å². The third-order valence-corrected chi connectivity index (χ3v) is 0. The first kappa shape index (κ1) is 218. The topological polar surface area (TPSA) is 94.5 Å². The van der Waals surface area contributed by atoms with Gasteiger partial charge in [0.15, 0.2) is 0 Å². The summed E-state index contributed by atoms with van der Waals surface area (Å²) in [6.07, 6.45) is 0. The largest absolute Gasteiger partial charge is 3.00 e. The summed E-state index contributed by atoms with van der Waals surface area (Å²) in [5.41, 5.74) is 0. The third kappa shape index (κ3) is 22.3. The van der Waals surface area contributed by atoms with Crippen LogP contribution in [0.3, 0.4) is 0 Å². The molecule has 0 atom stereocenters. The predicted molar refractivity (Wildman–Crippen MR) is 10.8 cm³/mol. The summed E-state index contributed by atoms with van der Waals surface area (Å²) in [6, 6.07) is 0. The molecular weight excluding hydrogens is 149 g/mol. The average Bonchev–Trinajstić information content (AvgIpc) is 0. The normalized spacial score (nSPS) is 0. The summed E-state index contributed by atoms with van der Waals surface area (Å²) in [5.74, 6) is 0. The smallest absolute Gasteiger partial charge is 0.412 e. The van der Waals surface area contributed by atoms with E-state index in [0.717, 1.165) is 0 Å². The van der Waals surface area contributed by atoms with Crippen LogP contribution >= 0.6 is 0 Å². The zero-order valence-corrected chi connectivity index (χ0v) is 3.59. The van der Waals surface area contributed by atoms with Crippen molar-refractivity contribution >= 4 is 0 Å². The van der Waals surface area contributed by atoms with Gasteiger partial charge in [-0.05, 0) is 0 Å². The van der Waals surface area contributed by atoms with Crippen LogP contribution in [0.15, 0.2) is 0 Å². The van der Waals surface area contributed by atoms with Crippen LogP contribution in [0.25, 0.3) is 0 Å². The van der Waals surface area contributed by atoms with Gasteiger partial charge < -0.3 is 16.4 Å². The maximum Gasteiger partial charge on any atom is 3.00 e. The Kier molecular flexibility index (Phi) is 4730. The molecule has 4 heavy (non-hydrogen) atoms. The van der Waals surface area contributed by atoms with E-state index < -0.39 is 0 Å². The van der Waals surface area contributed by atoms with Gasteiger partial charge in [0.05, 0.1) is 0 Å². The van der Waals surface area contributed by atoms with Gasteiger partial charge in [0.2, 0.25) is 0 Å². The van der Waals surface area contributed by atoms with Gasteiger partial charge >= 0.3 is 19.5 Å². The zero-order valence-electron chi connectivity index (χ0n) is 1.85. The minimum Gasteiger partial charge on any atom is -0.412 e. The predicted octanol–water partition coefficient (Wildman–Crippen LogP) is -2.48. The Morgan fingerprint density at radius 3 is 0.500 bits per heavy atom. The molecule has 29 valence electrons. The average molecular weight is 155 g/mol. The third-order valence-electron chi connectivity index (χ3n) is 0. The number of hydrogen-bond acceptors (Lipinski definition) is 0. The standard InChI is InChI=1S/3H2O.Ru/h3*1H2;/q;;;+3. The van der Waals surface area contributed by atoms with Gasteiger partial charge in [-0.3, -0.25) is 0 Å². The molecule has 0 aromatic carbocycles. The molecule has 0 aliphatic rings. The Morgan fingerprint density at radius 1 is 0.500 bits per heavy atom. The van der Waals surface area contributed by atoms with Crippen molar-refractivity contribution in [1.82, 2.24) is 0 Å². The van der Waals surface area contributed by atoms with E-state index in [1.165, 1.54) is 0 Å². The van der Waals surface area contributed by atoms with Crippen molar-refractivity contribution < 1.29 is 35.9 Å². The van der Waals surface area contributed by atoms with E-state index in [0.29, 0.717) is 0 Å². The Balaban J connectivity index is 0. The van der Waals surface area contributed by atoms with E-state index in [-0.39, 0.29) is 35.9 Å². The molecule has 0 aromatic heterocycles. The first-order chi connectivity index (χ1) is 0. The molecule has 3 nitrogen and oxygen atoms in total. The summed E-state index contributed by atoms with van der Waals surface area (Å²) in [4.78, 5) is 0. The van der Waals surface area contributed by atoms with Gasteiger partial charge in [0.25, 0.3) is 0 Å². The molecular formula is H6O3Ru+3. The van der Waals surface area contributed by atoms with Crippen LogP contribution < -0.4 is 0 Å². The van der Waals surface area contributed by atoms with Gasteiger partial charge in [-0.1, -0.05) is 0 Å². The van der Waals surface area contributed by atoms with Crippen LogP contribution in [0.1, 0.15) is 0 Å². The van der Waals surface area contributed by atoms with E-state index in [1.807, 2.05) is 0 Å². The van der Waals surface area contributed by atoms with Crippen molar-refractivity contribution in [2.24, 2.45) is 0 Å². The first-order valence-electron chi connectivity index (χ1n) is 0. The molecule has 0 aromatic rings. The van der Waals surface area contributed by atoms with Crippen molar-refractivity contribution in [3.05, 3.63) is 0 Å². The molecule has 4 heteroatoms. The SMILES string of the molecule is O.O.O.[Ru+3]. The fourth-order valence-corrected chi connectivity index (χ4v) is 0. The summed E-state index contributed by atoms with van der Waals surface area (Å²) in [5, 5.41) is 0. The number of hydrogen-bond donors (Lipinski definition) is 0. The number of rotatable bonds is 0. The molecule has 6 N–H and O–H groups in total. The van der Waals surface area contributed by atoms with Crippen LogP contribution in [0.5, 0.6) is 0 Å². The van der Waals surface area contributed by atoms with Crippen molar-refractivity contribution in [1.29, 1.82) is 0 Å². The van der Waals surface area contributed by atoms with Gasteiger partial charge in [-0.15, -0.1) is 0 Å². The van der Waals surface area contributed by atoms with E-state index in [9.17, 15) is 0 Å². The Labute approximate surface area is 36.7 Å². The van der Waals surface area contributed by atoms with E-state index >= 15 is 0 Å². The van der Waals surface area contributed by atoms with E-state index in [4.69, 9.17) is 0 Å². The molecule has 1 radical (unpaired) electrons. The fourth-order valence-electron chi connectivity index (χ4n) is 0. The van der Waals surface area contributed by atoms with Crippen LogP contribution in [0.2, 0.25) is 0 Å². The molecule has 0 fully saturated rings. The second-order valence-electron chi connectivity index (χ2n) is 0. The summed E-state index contributed by atoms with van der Waals surface area (Å²) < 4.78 is 0. The van der Waals surface area contributed by atoms with Crippen molar-refractivity contribution in [3.8, 4) is 0 Å². The van der Waals surface area contributed by atoms with E-state index in [2.05, 4.69) is 0 Å². The van der Waals surface area contributed by atoms with Gasteiger partial charge in [0.1, 0.15) is 0 Å². The second-order valence-corrected chi connectivity index (χ2v) is 0. The monoisotopic (exact) mass is 156 g/mol. The summed E-state index contributed by atoms with van der Waals surface area (Å²) >= 11 is 0. The molecule has 0 spiro atoms. The Bertz CT molecular complexity index is 3.25. The zero-order chi connectivity index (χ0) is 0. The van der Waals surface area contributed by atoms with Gasteiger partial charge in [0, 0.05) is 0 Å². The van der Waals surface area contributed by atoms with Crippen molar-refractivity contribution in [3.63, 3.8) is 0 Å². The van der Waals surface area contributed by atoms with Crippen molar-refractivity contribution in [2.75, 3.05) is 0 Å². The van der Waals surface area contributed by atoms with Crippen molar-refractivity contribution in [2.45, 2.75) is 0 Å². The minimum absolute atomic E-state index is 0. The summed E-state index contributed by atoms with van der Waals surface area (Å²) in [7, 11) is 0. The van der Waals surface area contributed by atoms with Crippen LogP contribution in [-0.2, 0) is 19.5 Å². The molecule has 0 saturated carbocycles. The molecule has 0 aliphatic carbocycles. The molecule has 0 rings (SSSR count). The Hall–Kier alpha value is 0.503. The van der Waals surface area contributed by atoms with E-state index in [1.54, 1.807) is 0 Å².